The van der Waals surface area contributed by atoms with Gasteiger partial charge in [-0.05, 0) is 24.3 Å². The molecule has 2 aromatic rings. The van der Waals surface area contributed by atoms with Crippen LogP contribution >= 0.6 is 0 Å². The van der Waals surface area contributed by atoms with E-state index in [2.05, 4.69) is 9.98 Å². The fraction of sp³-hybridized carbons (Fsp3) is 0. The average molecular weight is 172 g/mol. The molecule has 0 amide bonds. The molecule has 0 fully saturated rings. The molecule has 13 heavy (non-hydrogen) atoms. The zero-order valence-corrected chi connectivity index (χ0v) is 6.92. The lowest BCUT2D eigenvalue weighted by molar-refractivity contribution is 0.560. The molecular formula is C10H8N2O. The lowest BCUT2D eigenvalue weighted by atomic mass is 10.4. The third-order valence-corrected chi connectivity index (χ3v) is 1.52. The van der Waals surface area contributed by atoms with Crippen LogP contribution in [0.5, 0.6) is 0 Å². The Kier molecular flexibility index (Phi) is 2.18. The molecule has 0 unspecified atom stereocenters. The standard InChI is InChI=1S/C10H8N2O/c1-2-6-11-10(5-1)12-8-9-4-3-7-13-9/h1-8H/b12-8-. The van der Waals surface area contributed by atoms with E-state index in [0.29, 0.717) is 5.82 Å². The first-order chi connectivity index (χ1) is 6.45. The smallest absolute Gasteiger partial charge is 0.151 e. The Hall–Kier alpha value is -1.90. The molecule has 2 heterocycles. The molecule has 3 heteroatoms. The SMILES string of the molecule is C(=N/c1ccccn1)/c1ccco1. The van der Waals surface area contributed by atoms with Gasteiger partial charge in [0.1, 0.15) is 5.76 Å². The maximum Gasteiger partial charge on any atom is 0.151 e. The van der Waals surface area contributed by atoms with Crippen LogP contribution in [0.2, 0.25) is 0 Å². The summed E-state index contributed by atoms with van der Waals surface area (Å²) in [6.45, 7) is 0. The summed E-state index contributed by atoms with van der Waals surface area (Å²) in [7, 11) is 0. The number of pyridine rings is 1. The predicted molar refractivity (Wildman–Crippen MR) is 50.2 cm³/mol. The van der Waals surface area contributed by atoms with Crippen LogP contribution < -0.4 is 0 Å². The third kappa shape index (κ3) is 2.02. The van der Waals surface area contributed by atoms with Gasteiger partial charge in [0.2, 0.25) is 0 Å². The molecule has 0 aliphatic heterocycles. The van der Waals surface area contributed by atoms with Crippen molar-refractivity contribution in [2.24, 2.45) is 4.99 Å². The molecule has 0 bridgehead atoms. The Labute approximate surface area is 75.8 Å². The summed E-state index contributed by atoms with van der Waals surface area (Å²) in [5.41, 5.74) is 0. The van der Waals surface area contributed by atoms with Crippen molar-refractivity contribution in [3.05, 3.63) is 48.6 Å². The lowest BCUT2D eigenvalue weighted by Gasteiger charge is -1.88. The van der Waals surface area contributed by atoms with Crippen molar-refractivity contribution in [3.63, 3.8) is 0 Å². The minimum absolute atomic E-state index is 0.680. The van der Waals surface area contributed by atoms with Crippen molar-refractivity contribution in [3.8, 4) is 0 Å². The molecule has 0 aromatic carbocycles. The average Bonchev–Trinajstić information content (AvgIpc) is 2.69. The predicted octanol–water partition coefficient (Wildman–Crippen LogP) is 2.43. The molecule has 0 radical (unpaired) electrons. The highest BCUT2D eigenvalue weighted by atomic mass is 16.3. The van der Waals surface area contributed by atoms with E-state index in [1.807, 2.05) is 30.3 Å². The Morgan fingerprint density at radius 3 is 2.92 bits per heavy atom. The molecule has 64 valence electrons. The third-order valence-electron chi connectivity index (χ3n) is 1.52. The molecule has 2 aromatic heterocycles. The molecule has 0 atom stereocenters. The minimum atomic E-state index is 0.680. The van der Waals surface area contributed by atoms with Crippen molar-refractivity contribution < 1.29 is 4.42 Å². The van der Waals surface area contributed by atoms with Crippen LogP contribution in [0.15, 0.2) is 52.2 Å². The highest BCUT2D eigenvalue weighted by molar-refractivity contribution is 5.77. The van der Waals surface area contributed by atoms with Crippen LogP contribution in [0.3, 0.4) is 0 Å². The van der Waals surface area contributed by atoms with Gasteiger partial charge in [0.05, 0.1) is 12.5 Å². The Bertz CT molecular complexity index is 379. The molecule has 3 nitrogen and oxygen atoms in total. The fourth-order valence-electron chi connectivity index (χ4n) is 0.925. The number of furan rings is 1. The van der Waals surface area contributed by atoms with Gasteiger partial charge in [0, 0.05) is 6.20 Å². The zero-order valence-electron chi connectivity index (χ0n) is 6.92. The summed E-state index contributed by atoms with van der Waals surface area (Å²) in [4.78, 5) is 8.16. The number of aliphatic imine (C=N–C) groups is 1. The lowest BCUT2D eigenvalue weighted by Crippen LogP contribution is -1.75. The Morgan fingerprint density at radius 1 is 1.23 bits per heavy atom. The van der Waals surface area contributed by atoms with Crippen molar-refractivity contribution in [1.29, 1.82) is 0 Å². The van der Waals surface area contributed by atoms with Crippen LogP contribution in [0.4, 0.5) is 5.82 Å². The second-order valence-corrected chi connectivity index (χ2v) is 2.46. The van der Waals surface area contributed by atoms with Crippen molar-refractivity contribution >= 4 is 12.0 Å². The first-order valence-electron chi connectivity index (χ1n) is 3.94. The number of nitrogens with zero attached hydrogens (tertiary/aromatic N) is 2. The van der Waals surface area contributed by atoms with Gasteiger partial charge in [-0.25, -0.2) is 9.98 Å². The van der Waals surface area contributed by atoms with E-state index in [9.17, 15) is 0 Å². The topological polar surface area (TPSA) is 38.4 Å². The maximum atomic E-state index is 5.08. The van der Waals surface area contributed by atoms with Crippen molar-refractivity contribution in [1.82, 2.24) is 4.98 Å². The largest absolute Gasteiger partial charge is 0.463 e. The van der Waals surface area contributed by atoms with E-state index in [4.69, 9.17) is 4.42 Å². The van der Waals surface area contributed by atoms with Crippen LogP contribution in [0, 0.1) is 0 Å². The van der Waals surface area contributed by atoms with Gasteiger partial charge in [0.25, 0.3) is 0 Å². The van der Waals surface area contributed by atoms with Gasteiger partial charge >= 0.3 is 0 Å². The van der Waals surface area contributed by atoms with E-state index in [1.54, 1.807) is 18.7 Å². The molecule has 0 N–H and O–H groups in total. The first kappa shape index (κ1) is 7.73. The Morgan fingerprint density at radius 2 is 2.23 bits per heavy atom. The normalized spacial score (nSPS) is 10.8. The molecular weight excluding hydrogens is 164 g/mol. The monoisotopic (exact) mass is 172 g/mol. The first-order valence-corrected chi connectivity index (χ1v) is 3.94. The van der Waals surface area contributed by atoms with E-state index in [1.165, 1.54) is 0 Å². The van der Waals surface area contributed by atoms with Crippen molar-refractivity contribution in [2.75, 3.05) is 0 Å². The van der Waals surface area contributed by atoms with Gasteiger partial charge < -0.3 is 4.42 Å². The second kappa shape index (κ2) is 3.67. The summed E-state index contributed by atoms with van der Waals surface area (Å²) in [6, 6.07) is 9.24. The van der Waals surface area contributed by atoms with Crippen LogP contribution in [-0.4, -0.2) is 11.2 Å². The number of hydrogen-bond acceptors (Lipinski definition) is 3. The van der Waals surface area contributed by atoms with E-state index < -0.39 is 0 Å². The van der Waals surface area contributed by atoms with Crippen molar-refractivity contribution in [2.45, 2.75) is 0 Å². The van der Waals surface area contributed by atoms with Gasteiger partial charge in [-0.1, -0.05) is 6.07 Å². The Balaban J connectivity index is 2.15. The van der Waals surface area contributed by atoms with Crippen LogP contribution in [0.1, 0.15) is 5.76 Å². The molecule has 0 aliphatic rings. The molecule has 0 saturated carbocycles. The number of aromatic nitrogens is 1. The summed E-state index contributed by atoms with van der Waals surface area (Å²) >= 11 is 0. The highest BCUT2D eigenvalue weighted by Gasteiger charge is 1.89. The molecule has 0 aliphatic carbocycles. The van der Waals surface area contributed by atoms with E-state index >= 15 is 0 Å². The van der Waals surface area contributed by atoms with Gasteiger partial charge in [-0.15, -0.1) is 0 Å². The second-order valence-electron chi connectivity index (χ2n) is 2.46. The highest BCUT2D eigenvalue weighted by Crippen LogP contribution is 2.05. The maximum absolute atomic E-state index is 5.08. The summed E-state index contributed by atoms with van der Waals surface area (Å²) in [5.74, 6) is 1.41. The fourth-order valence-corrected chi connectivity index (χ4v) is 0.925. The quantitative estimate of drug-likeness (QED) is 0.652. The van der Waals surface area contributed by atoms with Crippen LogP contribution in [0.25, 0.3) is 0 Å². The van der Waals surface area contributed by atoms with Gasteiger partial charge in [0.15, 0.2) is 5.82 Å². The van der Waals surface area contributed by atoms with Crippen LogP contribution in [-0.2, 0) is 0 Å². The van der Waals surface area contributed by atoms with Gasteiger partial charge in [-0.2, -0.15) is 0 Å². The zero-order chi connectivity index (χ0) is 8.93. The number of hydrogen-bond donors (Lipinski definition) is 0. The van der Waals surface area contributed by atoms with E-state index in [-0.39, 0.29) is 0 Å². The van der Waals surface area contributed by atoms with E-state index in [0.717, 1.165) is 5.76 Å². The summed E-state index contributed by atoms with van der Waals surface area (Å²) in [6.07, 6.45) is 4.96. The summed E-state index contributed by atoms with van der Waals surface area (Å²) < 4.78 is 5.08. The van der Waals surface area contributed by atoms with Gasteiger partial charge in [-0.3, -0.25) is 0 Å². The molecule has 0 saturated heterocycles. The molecule has 0 spiro atoms. The summed E-state index contributed by atoms with van der Waals surface area (Å²) in [5, 5.41) is 0. The minimum Gasteiger partial charge on any atom is -0.463 e. The molecule has 2 rings (SSSR count). The number of rotatable bonds is 2.